The van der Waals surface area contributed by atoms with Crippen molar-refractivity contribution in [1.82, 2.24) is 0 Å². The van der Waals surface area contributed by atoms with Crippen molar-refractivity contribution < 1.29 is 14.7 Å². The van der Waals surface area contributed by atoms with Gasteiger partial charge in [0.1, 0.15) is 6.29 Å². The Balaban J connectivity index is 2.65. The molecule has 0 bridgehead atoms. The van der Waals surface area contributed by atoms with Gasteiger partial charge in [0.2, 0.25) is 0 Å². The molecule has 1 atom stereocenters. The molecule has 0 spiro atoms. The number of hydrogen-bond donors (Lipinski definition) is 2. The number of aldehydes is 1. The highest BCUT2D eigenvalue weighted by atomic mass is 16.4. The van der Waals surface area contributed by atoms with Crippen molar-refractivity contribution >= 4 is 12.3 Å². The molecule has 15 heavy (non-hydrogen) atoms. The second-order valence-corrected chi connectivity index (χ2v) is 3.34. The summed E-state index contributed by atoms with van der Waals surface area (Å²) < 4.78 is 0. The molecule has 0 aromatic heterocycles. The summed E-state index contributed by atoms with van der Waals surface area (Å²) in [6, 6.07) is 6.17. The van der Waals surface area contributed by atoms with Crippen LogP contribution in [0.3, 0.4) is 0 Å². The molecule has 0 aliphatic carbocycles. The second-order valence-electron chi connectivity index (χ2n) is 3.34. The van der Waals surface area contributed by atoms with Gasteiger partial charge in [0.25, 0.3) is 0 Å². The van der Waals surface area contributed by atoms with E-state index in [4.69, 9.17) is 10.8 Å². The Hall–Kier alpha value is -1.68. The first-order valence-corrected chi connectivity index (χ1v) is 4.66. The minimum atomic E-state index is -0.948. The molecule has 1 unspecified atom stereocenters. The van der Waals surface area contributed by atoms with Crippen molar-refractivity contribution in [3.63, 3.8) is 0 Å². The van der Waals surface area contributed by atoms with Crippen LogP contribution >= 0.6 is 0 Å². The van der Waals surface area contributed by atoms with Crippen LogP contribution in [-0.2, 0) is 11.2 Å². The molecule has 0 saturated heterocycles. The average molecular weight is 207 g/mol. The third-order valence-electron chi connectivity index (χ3n) is 2.12. The van der Waals surface area contributed by atoms with E-state index in [1.165, 1.54) is 6.07 Å². The number of aromatic carboxylic acids is 1. The Morgan fingerprint density at radius 3 is 2.87 bits per heavy atom. The molecule has 0 aliphatic heterocycles. The average Bonchev–Trinajstić information content (AvgIpc) is 2.26. The Bertz CT molecular complexity index is 363. The van der Waals surface area contributed by atoms with Gasteiger partial charge < -0.3 is 15.6 Å². The van der Waals surface area contributed by atoms with Crippen LogP contribution in [0, 0.1) is 0 Å². The van der Waals surface area contributed by atoms with E-state index < -0.39 is 12.0 Å². The normalized spacial score (nSPS) is 12.1. The number of rotatable bonds is 5. The van der Waals surface area contributed by atoms with Gasteiger partial charge in [0.15, 0.2) is 0 Å². The Kier molecular flexibility index (Phi) is 4.00. The first-order chi connectivity index (χ1) is 7.13. The maximum absolute atomic E-state index is 10.7. The molecule has 1 aromatic carbocycles. The monoisotopic (exact) mass is 207 g/mol. The van der Waals surface area contributed by atoms with Gasteiger partial charge in [0, 0.05) is 0 Å². The summed E-state index contributed by atoms with van der Waals surface area (Å²) in [5.74, 6) is -0.948. The zero-order valence-electron chi connectivity index (χ0n) is 8.22. The van der Waals surface area contributed by atoms with Crippen molar-refractivity contribution in [3.8, 4) is 0 Å². The lowest BCUT2D eigenvalue weighted by molar-refractivity contribution is -0.109. The molecule has 1 rings (SSSR count). The molecule has 1 aromatic rings. The first-order valence-electron chi connectivity index (χ1n) is 4.66. The fraction of sp³-hybridized carbons (Fsp3) is 0.273. The van der Waals surface area contributed by atoms with Gasteiger partial charge in [-0.3, -0.25) is 0 Å². The SMILES string of the molecule is NC(C=O)CCc1cccc(C(=O)O)c1. The fourth-order valence-electron chi connectivity index (χ4n) is 1.26. The van der Waals surface area contributed by atoms with E-state index in [-0.39, 0.29) is 5.56 Å². The molecule has 0 amide bonds. The maximum Gasteiger partial charge on any atom is 0.335 e. The van der Waals surface area contributed by atoms with Crippen LogP contribution in [0.1, 0.15) is 22.3 Å². The Labute approximate surface area is 87.7 Å². The zero-order chi connectivity index (χ0) is 11.3. The largest absolute Gasteiger partial charge is 0.478 e. The lowest BCUT2D eigenvalue weighted by Gasteiger charge is -2.04. The lowest BCUT2D eigenvalue weighted by atomic mass is 10.0. The molecule has 0 saturated carbocycles. The Morgan fingerprint density at radius 2 is 2.27 bits per heavy atom. The third kappa shape index (κ3) is 3.52. The summed E-state index contributed by atoms with van der Waals surface area (Å²) in [4.78, 5) is 20.9. The summed E-state index contributed by atoms with van der Waals surface area (Å²) >= 11 is 0. The number of carboxylic acids is 1. The zero-order valence-corrected chi connectivity index (χ0v) is 8.22. The molecular formula is C11H13NO3. The second kappa shape index (κ2) is 5.26. The summed E-state index contributed by atoms with van der Waals surface area (Å²) in [5.41, 5.74) is 6.57. The molecule has 0 heterocycles. The topological polar surface area (TPSA) is 80.4 Å². The Morgan fingerprint density at radius 1 is 1.53 bits per heavy atom. The van der Waals surface area contributed by atoms with Gasteiger partial charge in [-0.2, -0.15) is 0 Å². The van der Waals surface area contributed by atoms with E-state index >= 15 is 0 Å². The van der Waals surface area contributed by atoms with Gasteiger partial charge in [-0.1, -0.05) is 12.1 Å². The highest BCUT2D eigenvalue weighted by molar-refractivity contribution is 5.87. The van der Waals surface area contributed by atoms with E-state index in [1.807, 2.05) is 6.07 Å². The van der Waals surface area contributed by atoms with E-state index in [9.17, 15) is 9.59 Å². The highest BCUT2D eigenvalue weighted by Gasteiger charge is 2.04. The summed E-state index contributed by atoms with van der Waals surface area (Å²) in [6.07, 6.45) is 1.84. The van der Waals surface area contributed by atoms with Crippen LogP contribution in [0.2, 0.25) is 0 Å². The molecule has 0 aliphatic rings. The number of carbonyl (C=O) groups is 2. The van der Waals surface area contributed by atoms with Crippen LogP contribution in [0.4, 0.5) is 0 Å². The number of carbonyl (C=O) groups excluding carboxylic acids is 1. The van der Waals surface area contributed by atoms with Gasteiger partial charge in [0.05, 0.1) is 11.6 Å². The number of carboxylic acid groups (broad SMARTS) is 1. The van der Waals surface area contributed by atoms with E-state index in [0.29, 0.717) is 19.1 Å². The molecular weight excluding hydrogens is 194 g/mol. The van der Waals surface area contributed by atoms with Crippen LogP contribution in [0.5, 0.6) is 0 Å². The minimum Gasteiger partial charge on any atom is -0.478 e. The van der Waals surface area contributed by atoms with Crippen molar-refractivity contribution in [2.24, 2.45) is 5.73 Å². The van der Waals surface area contributed by atoms with Crippen molar-refractivity contribution in [2.45, 2.75) is 18.9 Å². The summed E-state index contributed by atoms with van der Waals surface area (Å²) in [5, 5.41) is 8.75. The predicted molar refractivity (Wildman–Crippen MR) is 55.8 cm³/mol. The number of benzene rings is 1. The van der Waals surface area contributed by atoms with Crippen molar-refractivity contribution in [2.75, 3.05) is 0 Å². The van der Waals surface area contributed by atoms with Gasteiger partial charge in [-0.15, -0.1) is 0 Å². The van der Waals surface area contributed by atoms with E-state index in [0.717, 1.165) is 5.56 Å². The molecule has 0 radical (unpaired) electrons. The minimum absolute atomic E-state index is 0.257. The fourth-order valence-corrected chi connectivity index (χ4v) is 1.26. The molecule has 3 N–H and O–H groups in total. The van der Waals surface area contributed by atoms with Crippen LogP contribution in [0.25, 0.3) is 0 Å². The number of hydrogen-bond acceptors (Lipinski definition) is 3. The van der Waals surface area contributed by atoms with Crippen LogP contribution in [-0.4, -0.2) is 23.4 Å². The van der Waals surface area contributed by atoms with E-state index in [2.05, 4.69) is 0 Å². The van der Waals surface area contributed by atoms with Crippen LogP contribution < -0.4 is 5.73 Å². The van der Waals surface area contributed by atoms with Gasteiger partial charge in [-0.05, 0) is 30.5 Å². The highest BCUT2D eigenvalue weighted by Crippen LogP contribution is 2.08. The smallest absolute Gasteiger partial charge is 0.335 e. The van der Waals surface area contributed by atoms with Gasteiger partial charge >= 0.3 is 5.97 Å². The summed E-state index contributed by atoms with van der Waals surface area (Å²) in [7, 11) is 0. The van der Waals surface area contributed by atoms with Gasteiger partial charge in [-0.25, -0.2) is 4.79 Å². The summed E-state index contributed by atoms with van der Waals surface area (Å²) in [6.45, 7) is 0. The predicted octanol–water partition coefficient (Wildman–Crippen LogP) is 0.844. The number of aryl methyl sites for hydroxylation is 1. The lowest BCUT2D eigenvalue weighted by Crippen LogP contribution is -2.21. The third-order valence-corrected chi connectivity index (χ3v) is 2.12. The first kappa shape index (κ1) is 11.4. The van der Waals surface area contributed by atoms with Crippen molar-refractivity contribution in [1.29, 1.82) is 0 Å². The maximum atomic E-state index is 10.7. The van der Waals surface area contributed by atoms with Crippen molar-refractivity contribution in [3.05, 3.63) is 35.4 Å². The molecule has 80 valence electrons. The van der Waals surface area contributed by atoms with E-state index in [1.54, 1.807) is 12.1 Å². The van der Waals surface area contributed by atoms with Crippen LogP contribution in [0.15, 0.2) is 24.3 Å². The quantitative estimate of drug-likeness (QED) is 0.701. The standard InChI is InChI=1S/C11H13NO3/c12-10(7-13)5-4-8-2-1-3-9(6-8)11(14)15/h1-3,6-7,10H,4-5,12H2,(H,14,15). The molecule has 4 heteroatoms. The number of nitrogens with two attached hydrogens (primary N) is 1. The molecule has 4 nitrogen and oxygen atoms in total. The molecule has 0 fully saturated rings.